The number of ether oxygens (including phenoxy) is 2. The molecule has 0 aromatic heterocycles. The minimum Gasteiger partial charge on any atom is -0.496 e. The summed E-state index contributed by atoms with van der Waals surface area (Å²) in [5.74, 6) is 0.855. The summed E-state index contributed by atoms with van der Waals surface area (Å²) < 4.78 is 9.95. The molecule has 0 bridgehead atoms. The van der Waals surface area contributed by atoms with Crippen LogP contribution in [0.15, 0.2) is 12.1 Å². The molecule has 0 unspecified atom stereocenters. The van der Waals surface area contributed by atoms with E-state index >= 15 is 0 Å². The Balaban J connectivity index is 2.46. The van der Waals surface area contributed by atoms with Gasteiger partial charge in [-0.3, -0.25) is 0 Å². The number of hydrogen-bond donors (Lipinski definition) is 1. The van der Waals surface area contributed by atoms with Gasteiger partial charge in [0.25, 0.3) is 0 Å². The second-order valence-electron chi connectivity index (χ2n) is 3.95. The average molecular weight is 221 g/mol. The molecule has 4 nitrogen and oxygen atoms in total. The molecule has 0 atom stereocenters. The van der Waals surface area contributed by atoms with Crippen LogP contribution in [-0.2, 0) is 4.74 Å². The van der Waals surface area contributed by atoms with Gasteiger partial charge in [0.15, 0.2) is 0 Å². The van der Waals surface area contributed by atoms with Crippen LogP contribution in [0.25, 0.3) is 0 Å². The van der Waals surface area contributed by atoms with Gasteiger partial charge in [0.05, 0.1) is 19.8 Å². The number of hydrogen-bond acceptors (Lipinski definition) is 4. The molecule has 1 aromatic rings. The molecule has 0 heterocycles. The van der Waals surface area contributed by atoms with Crippen LogP contribution in [0.2, 0.25) is 0 Å². The lowest BCUT2D eigenvalue weighted by atomic mass is 10.0. The van der Waals surface area contributed by atoms with Crippen molar-refractivity contribution < 1.29 is 14.3 Å². The summed E-state index contributed by atoms with van der Waals surface area (Å²) in [6.07, 6.45) is 2.28. The maximum absolute atomic E-state index is 11.5. The van der Waals surface area contributed by atoms with Crippen molar-refractivity contribution >= 4 is 11.7 Å². The van der Waals surface area contributed by atoms with Crippen LogP contribution in [-0.4, -0.2) is 20.2 Å². The summed E-state index contributed by atoms with van der Waals surface area (Å²) in [6.45, 7) is 0. The summed E-state index contributed by atoms with van der Waals surface area (Å²) in [5.41, 5.74) is 7.65. The number of nitrogen functional groups attached to an aromatic ring is 1. The summed E-state index contributed by atoms with van der Waals surface area (Å²) in [7, 11) is 2.96. The Kier molecular flexibility index (Phi) is 2.73. The number of carbonyl (C=O) groups excluding carboxylic acids is 1. The maximum Gasteiger partial charge on any atom is 0.339 e. The van der Waals surface area contributed by atoms with E-state index in [0.717, 1.165) is 24.2 Å². The molecule has 1 saturated carbocycles. The van der Waals surface area contributed by atoms with Crippen LogP contribution in [0.1, 0.15) is 34.7 Å². The third kappa shape index (κ3) is 1.83. The monoisotopic (exact) mass is 221 g/mol. The van der Waals surface area contributed by atoms with E-state index < -0.39 is 5.97 Å². The lowest BCUT2D eigenvalue weighted by Gasteiger charge is -2.11. The van der Waals surface area contributed by atoms with E-state index in [0.29, 0.717) is 17.2 Å². The molecule has 1 aromatic carbocycles. The Morgan fingerprint density at radius 3 is 2.56 bits per heavy atom. The summed E-state index contributed by atoms with van der Waals surface area (Å²) in [5, 5.41) is 0. The topological polar surface area (TPSA) is 61.5 Å². The molecule has 4 heteroatoms. The summed E-state index contributed by atoms with van der Waals surface area (Å²) in [4.78, 5) is 11.5. The summed E-state index contributed by atoms with van der Waals surface area (Å²) >= 11 is 0. The Hall–Kier alpha value is -1.71. The fourth-order valence-corrected chi connectivity index (χ4v) is 1.79. The van der Waals surface area contributed by atoms with E-state index in [-0.39, 0.29) is 0 Å². The molecule has 0 amide bonds. The van der Waals surface area contributed by atoms with Gasteiger partial charge < -0.3 is 15.2 Å². The van der Waals surface area contributed by atoms with Gasteiger partial charge in [0.1, 0.15) is 5.75 Å². The van der Waals surface area contributed by atoms with Crippen LogP contribution in [0.5, 0.6) is 5.75 Å². The van der Waals surface area contributed by atoms with Crippen LogP contribution < -0.4 is 10.5 Å². The van der Waals surface area contributed by atoms with Crippen molar-refractivity contribution in [3.63, 3.8) is 0 Å². The highest BCUT2D eigenvalue weighted by molar-refractivity contribution is 5.95. The number of carbonyl (C=O) groups is 1. The van der Waals surface area contributed by atoms with Crippen LogP contribution in [0.3, 0.4) is 0 Å². The predicted molar refractivity (Wildman–Crippen MR) is 60.7 cm³/mol. The van der Waals surface area contributed by atoms with E-state index in [1.54, 1.807) is 19.2 Å². The van der Waals surface area contributed by atoms with Crippen molar-refractivity contribution in [1.82, 2.24) is 0 Å². The number of esters is 1. The van der Waals surface area contributed by atoms with E-state index in [1.165, 1.54) is 7.11 Å². The van der Waals surface area contributed by atoms with E-state index in [9.17, 15) is 4.79 Å². The Bertz CT molecular complexity index is 425. The molecule has 86 valence electrons. The van der Waals surface area contributed by atoms with Crippen LogP contribution in [0.4, 0.5) is 5.69 Å². The fraction of sp³-hybridized carbons (Fsp3) is 0.417. The average Bonchev–Trinajstić information content (AvgIpc) is 3.11. The van der Waals surface area contributed by atoms with E-state index in [1.807, 2.05) is 0 Å². The molecule has 0 saturated heterocycles. The zero-order valence-corrected chi connectivity index (χ0v) is 9.45. The maximum atomic E-state index is 11.5. The van der Waals surface area contributed by atoms with Crippen molar-refractivity contribution in [2.75, 3.05) is 20.0 Å². The Labute approximate surface area is 94.3 Å². The first kappa shape index (κ1) is 10.8. The third-order valence-electron chi connectivity index (χ3n) is 2.82. The smallest absolute Gasteiger partial charge is 0.339 e. The van der Waals surface area contributed by atoms with Gasteiger partial charge in [-0.2, -0.15) is 0 Å². The van der Waals surface area contributed by atoms with E-state index in [4.69, 9.17) is 10.5 Å². The predicted octanol–water partition coefficient (Wildman–Crippen LogP) is 1.94. The largest absolute Gasteiger partial charge is 0.496 e. The lowest BCUT2D eigenvalue weighted by molar-refractivity contribution is 0.0602. The second-order valence-corrected chi connectivity index (χ2v) is 3.95. The zero-order valence-electron chi connectivity index (χ0n) is 9.45. The minimum atomic E-state index is -0.401. The van der Waals surface area contributed by atoms with Crippen molar-refractivity contribution in [2.45, 2.75) is 18.8 Å². The Morgan fingerprint density at radius 1 is 1.38 bits per heavy atom. The van der Waals surface area contributed by atoms with Crippen molar-refractivity contribution in [3.8, 4) is 5.75 Å². The first-order valence-corrected chi connectivity index (χ1v) is 5.23. The first-order valence-electron chi connectivity index (χ1n) is 5.23. The van der Waals surface area contributed by atoms with Crippen LogP contribution in [0, 0.1) is 0 Å². The second kappa shape index (κ2) is 4.04. The molecule has 0 radical (unpaired) electrons. The van der Waals surface area contributed by atoms with Gasteiger partial charge in [-0.25, -0.2) is 4.79 Å². The van der Waals surface area contributed by atoms with Gasteiger partial charge in [-0.05, 0) is 30.4 Å². The molecule has 1 fully saturated rings. The molecule has 0 spiro atoms. The van der Waals surface area contributed by atoms with Crippen LogP contribution >= 0.6 is 0 Å². The van der Waals surface area contributed by atoms with E-state index in [2.05, 4.69) is 4.74 Å². The number of methoxy groups -OCH3 is 2. The highest BCUT2D eigenvalue weighted by Crippen LogP contribution is 2.45. The van der Waals surface area contributed by atoms with Gasteiger partial charge >= 0.3 is 5.97 Å². The first-order chi connectivity index (χ1) is 7.67. The fourth-order valence-electron chi connectivity index (χ4n) is 1.79. The van der Waals surface area contributed by atoms with Crippen molar-refractivity contribution in [1.29, 1.82) is 0 Å². The molecular formula is C12H15NO3. The molecule has 1 aliphatic carbocycles. The highest BCUT2D eigenvalue weighted by Gasteiger charge is 2.28. The molecule has 16 heavy (non-hydrogen) atoms. The highest BCUT2D eigenvalue weighted by atomic mass is 16.5. The van der Waals surface area contributed by atoms with Gasteiger partial charge in [0, 0.05) is 11.8 Å². The van der Waals surface area contributed by atoms with Crippen molar-refractivity contribution in [3.05, 3.63) is 23.3 Å². The molecular weight excluding hydrogens is 206 g/mol. The quantitative estimate of drug-likeness (QED) is 0.626. The zero-order chi connectivity index (χ0) is 11.7. The summed E-state index contributed by atoms with van der Waals surface area (Å²) in [6, 6.07) is 3.48. The SMILES string of the molecule is COC(=O)c1cc(C2CC2)c(OC)cc1N. The number of benzene rings is 1. The normalized spacial score (nSPS) is 14.6. The lowest BCUT2D eigenvalue weighted by Crippen LogP contribution is -2.07. The van der Waals surface area contributed by atoms with Gasteiger partial charge in [-0.1, -0.05) is 0 Å². The molecule has 0 aliphatic heterocycles. The van der Waals surface area contributed by atoms with Gasteiger partial charge in [-0.15, -0.1) is 0 Å². The number of nitrogens with two attached hydrogens (primary N) is 1. The third-order valence-corrected chi connectivity index (χ3v) is 2.82. The van der Waals surface area contributed by atoms with Gasteiger partial charge in [0.2, 0.25) is 0 Å². The molecule has 1 aliphatic rings. The number of rotatable bonds is 3. The standard InChI is InChI=1S/C12H15NO3/c1-15-11-6-10(13)9(12(14)16-2)5-8(11)7-3-4-7/h5-7H,3-4,13H2,1-2H3. The molecule has 2 N–H and O–H groups in total. The minimum absolute atomic E-state index is 0.396. The Morgan fingerprint density at radius 2 is 2.06 bits per heavy atom. The van der Waals surface area contributed by atoms with Crippen molar-refractivity contribution in [2.24, 2.45) is 0 Å². The molecule has 2 rings (SSSR count). The number of anilines is 1.